The molecule has 0 bridgehead atoms. The monoisotopic (exact) mass is 364 g/mol. The van der Waals surface area contributed by atoms with E-state index >= 15 is 0 Å². The average Bonchev–Trinajstić information content (AvgIpc) is 3.13. The van der Waals surface area contributed by atoms with Crippen molar-refractivity contribution < 1.29 is 4.79 Å². The Labute approximate surface area is 159 Å². The summed E-state index contributed by atoms with van der Waals surface area (Å²) in [6.45, 7) is 4.53. The third-order valence-electron chi connectivity index (χ3n) is 5.08. The second kappa shape index (κ2) is 8.11. The van der Waals surface area contributed by atoms with E-state index in [4.69, 9.17) is 0 Å². The lowest BCUT2D eigenvalue weighted by Crippen LogP contribution is -2.50. The molecular formula is C22H24N2OS. The van der Waals surface area contributed by atoms with Gasteiger partial charge in [-0.15, -0.1) is 11.8 Å². The number of rotatable bonds is 4. The van der Waals surface area contributed by atoms with Gasteiger partial charge in [-0.1, -0.05) is 60.7 Å². The molecule has 2 aromatic rings. The van der Waals surface area contributed by atoms with Gasteiger partial charge < -0.3 is 4.90 Å². The van der Waals surface area contributed by atoms with Gasteiger partial charge >= 0.3 is 0 Å². The molecule has 2 heterocycles. The molecule has 0 radical (unpaired) electrons. The van der Waals surface area contributed by atoms with E-state index in [0.717, 1.165) is 39.1 Å². The Bertz CT molecular complexity index is 757. The second-order valence-corrected chi connectivity index (χ2v) is 8.10. The van der Waals surface area contributed by atoms with E-state index in [1.54, 1.807) is 11.8 Å². The topological polar surface area (TPSA) is 23.6 Å². The molecule has 0 saturated carbocycles. The largest absolute Gasteiger partial charge is 0.339 e. The minimum Gasteiger partial charge on any atom is -0.339 e. The fourth-order valence-electron chi connectivity index (χ4n) is 3.58. The molecule has 26 heavy (non-hydrogen) atoms. The lowest BCUT2D eigenvalue weighted by atomic mass is 10.1. The van der Waals surface area contributed by atoms with E-state index in [9.17, 15) is 4.79 Å². The van der Waals surface area contributed by atoms with Gasteiger partial charge in [0.1, 0.15) is 0 Å². The molecule has 2 aliphatic rings. The van der Waals surface area contributed by atoms with Crippen molar-refractivity contribution in [3.63, 3.8) is 0 Å². The third-order valence-corrected chi connectivity index (χ3v) is 6.39. The van der Waals surface area contributed by atoms with Gasteiger partial charge in [-0.05, 0) is 23.6 Å². The van der Waals surface area contributed by atoms with Crippen LogP contribution in [0.3, 0.4) is 0 Å². The second-order valence-electron chi connectivity index (χ2n) is 6.86. The Morgan fingerprint density at radius 2 is 1.73 bits per heavy atom. The summed E-state index contributed by atoms with van der Waals surface area (Å²) < 4.78 is 0. The normalized spacial score (nSPS) is 20.5. The molecule has 1 amide bonds. The Morgan fingerprint density at radius 3 is 2.50 bits per heavy atom. The molecule has 1 saturated heterocycles. The molecule has 3 nitrogen and oxygen atoms in total. The SMILES string of the molecule is O=C(C1Cc2ccccc2S1)N1CCN(C/C=C/c2ccccc2)CC1. The summed E-state index contributed by atoms with van der Waals surface area (Å²) in [4.78, 5) is 18.6. The highest BCUT2D eigenvalue weighted by Gasteiger charge is 2.32. The molecular weight excluding hydrogens is 340 g/mol. The van der Waals surface area contributed by atoms with Crippen LogP contribution >= 0.6 is 11.8 Å². The van der Waals surface area contributed by atoms with E-state index in [1.165, 1.54) is 16.0 Å². The minimum absolute atomic E-state index is 0.0666. The number of hydrogen-bond donors (Lipinski definition) is 0. The predicted octanol–water partition coefficient (Wildman–Crippen LogP) is 3.56. The van der Waals surface area contributed by atoms with Crippen molar-refractivity contribution in [3.8, 4) is 0 Å². The van der Waals surface area contributed by atoms with Crippen LogP contribution in [0, 0.1) is 0 Å². The first kappa shape index (κ1) is 17.4. The Balaban J connectivity index is 1.25. The summed E-state index contributed by atoms with van der Waals surface area (Å²) in [6.07, 6.45) is 5.26. The molecule has 4 rings (SSSR count). The molecule has 1 unspecified atom stereocenters. The number of fused-ring (bicyclic) bond motifs is 1. The van der Waals surface area contributed by atoms with Crippen LogP contribution in [0.15, 0.2) is 65.6 Å². The third kappa shape index (κ3) is 4.02. The van der Waals surface area contributed by atoms with Gasteiger partial charge in [0.25, 0.3) is 0 Å². The molecule has 0 aromatic heterocycles. The highest BCUT2D eigenvalue weighted by Crippen LogP contribution is 2.37. The number of piperazine rings is 1. The van der Waals surface area contributed by atoms with Gasteiger partial charge in [0, 0.05) is 37.6 Å². The van der Waals surface area contributed by atoms with Crippen molar-refractivity contribution in [3.05, 3.63) is 71.8 Å². The molecule has 1 fully saturated rings. The average molecular weight is 365 g/mol. The van der Waals surface area contributed by atoms with Crippen LogP contribution in [0.25, 0.3) is 6.08 Å². The number of thioether (sulfide) groups is 1. The van der Waals surface area contributed by atoms with Gasteiger partial charge in [0.05, 0.1) is 5.25 Å². The van der Waals surface area contributed by atoms with Crippen LogP contribution in [0.2, 0.25) is 0 Å². The molecule has 0 spiro atoms. The van der Waals surface area contributed by atoms with Crippen LogP contribution < -0.4 is 0 Å². The van der Waals surface area contributed by atoms with Gasteiger partial charge in [0.15, 0.2) is 0 Å². The van der Waals surface area contributed by atoms with E-state index in [1.807, 2.05) is 6.07 Å². The van der Waals surface area contributed by atoms with E-state index < -0.39 is 0 Å². The maximum atomic E-state index is 12.8. The van der Waals surface area contributed by atoms with Crippen LogP contribution in [0.1, 0.15) is 11.1 Å². The summed E-state index contributed by atoms with van der Waals surface area (Å²) in [5.41, 5.74) is 2.56. The quantitative estimate of drug-likeness (QED) is 0.829. The Morgan fingerprint density at radius 1 is 1.00 bits per heavy atom. The van der Waals surface area contributed by atoms with Crippen molar-refractivity contribution in [1.82, 2.24) is 9.80 Å². The highest BCUT2D eigenvalue weighted by molar-refractivity contribution is 8.01. The zero-order valence-electron chi connectivity index (χ0n) is 14.9. The summed E-state index contributed by atoms with van der Waals surface area (Å²) in [5.74, 6) is 0.311. The molecule has 1 atom stereocenters. The number of carbonyl (C=O) groups is 1. The van der Waals surface area contributed by atoms with E-state index in [0.29, 0.717) is 5.91 Å². The van der Waals surface area contributed by atoms with Crippen LogP contribution in [-0.2, 0) is 11.2 Å². The lowest BCUT2D eigenvalue weighted by Gasteiger charge is -2.35. The van der Waals surface area contributed by atoms with Crippen molar-refractivity contribution in [2.45, 2.75) is 16.6 Å². The van der Waals surface area contributed by atoms with Crippen LogP contribution in [-0.4, -0.2) is 53.7 Å². The van der Waals surface area contributed by atoms with E-state index in [2.05, 4.69) is 70.5 Å². The maximum Gasteiger partial charge on any atom is 0.236 e. The van der Waals surface area contributed by atoms with Gasteiger partial charge in [-0.25, -0.2) is 0 Å². The standard InChI is InChI=1S/C22H24N2OS/c25-22(21-17-19-10-4-5-11-20(19)26-21)24-15-13-23(14-16-24)12-6-9-18-7-2-1-3-8-18/h1-11,21H,12-17H2/b9-6+. The summed E-state index contributed by atoms with van der Waals surface area (Å²) in [7, 11) is 0. The number of hydrogen-bond acceptors (Lipinski definition) is 3. The maximum absolute atomic E-state index is 12.8. The number of nitrogens with zero attached hydrogens (tertiary/aromatic N) is 2. The summed E-state index contributed by atoms with van der Waals surface area (Å²) in [6, 6.07) is 18.8. The fourth-order valence-corrected chi connectivity index (χ4v) is 4.86. The summed E-state index contributed by atoms with van der Waals surface area (Å²) >= 11 is 1.73. The van der Waals surface area contributed by atoms with Crippen LogP contribution in [0.5, 0.6) is 0 Å². The molecule has 134 valence electrons. The number of carbonyl (C=O) groups excluding carboxylic acids is 1. The van der Waals surface area contributed by atoms with Crippen molar-refractivity contribution >= 4 is 23.7 Å². The summed E-state index contributed by atoms with van der Waals surface area (Å²) in [5, 5.41) is 0.0666. The van der Waals surface area contributed by atoms with Crippen LogP contribution in [0.4, 0.5) is 0 Å². The zero-order chi connectivity index (χ0) is 17.8. The van der Waals surface area contributed by atoms with Gasteiger partial charge in [-0.3, -0.25) is 9.69 Å². The zero-order valence-corrected chi connectivity index (χ0v) is 15.7. The Kier molecular flexibility index (Phi) is 5.42. The van der Waals surface area contributed by atoms with Crippen molar-refractivity contribution in [1.29, 1.82) is 0 Å². The molecule has 2 aromatic carbocycles. The first-order valence-corrected chi connectivity index (χ1v) is 10.1. The minimum atomic E-state index is 0.0666. The molecule has 0 aliphatic carbocycles. The Hall–Kier alpha value is -2.04. The van der Waals surface area contributed by atoms with Gasteiger partial charge in [-0.2, -0.15) is 0 Å². The lowest BCUT2D eigenvalue weighted by molar-refractivity contribution is -0.132. The van der Waals surface area contributed by atoms with E-state index in [-0.39, 0.29) is 5.25 Å². The first-order chi connectivity index (χ1) is 12.8. The first-order valence-electron chi connectivity index (χ1n) is 9.27. The molecule has 4 heteroatoms. The fraction of sp³-hybridized carbons (Fsp3) is 0.318. The molecule has 2 aliphatic heterocycles. The van der Waals surface area contributed by atoms with Gasteiger partial charge in [0.2, 0.25) is 5.91 Å². The number of benzene rings is 2. The number of amides is 1. The van der Waals surface area contributed by atoms with Crippen molar-refractivity contribution in [2.75, 3.05) is 32.7 Å². The highest BCUT2D eigenvalue weighted by atomic mass is 32.2. The smallest absolute Gasteiger partial charge is 0.236 e. The molecule has 0 N–H and O–H groups in total. The predicted molar refractivity (Wildman–Crippen MR) is 108 cm³/mol. The van der Waals surface area contributed by atoms with Crippen molar-refractivity contribution in [2.24, 2.45) is 0 Å².